The van der Waals surface area contributed by atoms with Gasteiger partial charge < -0.3 is 9.33 Å². The lowest BCUT2D eigenvalue weighted by Gasteiger charge is -2.37. The summed E-state index contributed by atoms with van der Waals surface area (Å²) in [7, 11) is -1.77. The number of hydrogen-bond acceptors (Lipinski definition) is 4. The maximum Gasteiger partial charge on any atom is 0.272 e. The molecule has 0 amide bonds. The van der Waals surface area contributed by atoms with Crippen LogP contribution in [0.3, 0.4) is 0 Å². The molecule has 7 heteroatoms. The van der Waals surface area contributed by atoms with Gasteiger partial charge in [0.05, 0.1) is 22.8 Å². The van der Waals surface area contributed by atoms with Crippen LogP contribution in [0.4, 0.5) is 15.8 Å². The van der Waals surface area contributed by atoms with Crippen LogP contribution in [0.1, 0.15) is 20.8 Å². The van der Waals surface area contributed by atoms with Gasteiger partial charge >= 0.3 is 0 Å². The first kappa shape index (κ1) is 17.4. The number of fused-ring (bicyclic) bond motifs is 1. The van der Waals surface area contributed by atoms with Gasteiger partial charge in [-0.25, -0.2) is 4.39 Å². The van der Waals surface area contributed by atoms with Gasteiger partial charge in [-0.3, -0.25) is 10.1 Å². The minimum atomic E-state index is -1.77. The Morgan fingerprint density at radius 3 is 2.33 bits per heavy atom. The fourth-order valence-electron chi connectivity index (χ4n) is 3.23. The van der Waals surface area contributed by atoms with E-state index in [2.05, 4.69) is 33.9 Å². The molecule has 0 bridgehead atoms. The number of non-ortho nitro benzene ring substituents is 1. The third-order valence-corrected chi connectivity index (χ3v) is 10.3. The van der Waals surface area contributed by atoms with Gasteiger partial charge in [0, 0.05) is 31.0 Å². The quantitative estimate of drug-likeness (QED) is 0.463. The molecule has 132 valence electrons. The lowest BCUT2D eigenvalue weighted by Crippen LogP contribution is -2.43. The molecule has 2 unspecified atom stereocenters. The number of rotatable bonds is 4. The molecule has 0 N–H and O–H groups in total. The predicted octanol–water partition coefficient (Wildman–Crippen LogP) is 4.19. The van der Waals surface area contributed by atoms with Crippen LogP contribution in [0.15, 0.2) is 18.2 Å². The summed E-state index contributed by atoms with van der Waals surface area (Å²) in [6.45, 7) is 12.7. The Bertz CT molecular complexity index is 662. The standard InChI is InChI=1S/C17H25FN2O3Si/c1-17(2,3)24(4,5)23-16-12-9-19(10-13(12)16)15-7-6-11(20(21)22)8-14(15)18/h6-8,12-13,16H,9-10H2,1-5H3/t12-,13?,16?/m0/s1. The van der Waals surface area contributed by atoms with Gasteiger partial charge in [-0.15, -0.1) is 0 Å². The van der Waals surface area contributed by atoms with E-state index in [0.717, 1.165) is 19.2 Å². The zero-order valence-electron chi connectivity index (χ0n) is 14.9. The number of hydrogen-bond donors (Lipinski definition) is 0. The van der Waals surface area contributed by atoms with Crippen molar-refractivity contribution in [2.24, 2.45) is 11.8 Å². The fraction of sp³-hybridized carbons (Fsp3) is 0.647. The van der Waals surface area contributed by atoms with Gasteiger partial charge in [0.25, 0.3) is 5.69 Å². The Kier molecular flexibility index (Phi) is 3.99. The first-order valence-corrected chi connectivity index (χ1v) is 11.3. The van der Waals surface area contributed by atoms with Crippen molar-refractivity contribution < 1.29 is 13.7 Å². The van der Waals surface area contributed by atoms with Crippen molar-refractivity contribution in [3.05, 3.63) is 34.1 Å². The second-order valence-corrected chi connectivity index (χ2v) is 13.2. The van der Waals surface area contributed by atoms with E-state index in [1.165, 1.54) is 12.1 Å². The number of nitro groups is 1. The molecule has 0 spiro atoms. The first-order valence-electron chi connectivity index (χ1n) is 8.38. The molecular formula is C17H25FN2O3Si. The number of piperidine rings is 1. The lowest BCUT2D eigenvalue weighted by molar-refractivity contribution is -0.385. The van der Waals surface area contributed by atoms with Crippen LogP contribution >= 0.6 is 0 Å². The van der Waals surface area contributed by atoms with E-state index in [-0.39, 0.29) is 10.7 Å². The summed E-state index contributed by atoms with van der Waals surface area (Å²) in [6, 6.07) is 3.89. The number of nitro benzene ring substituents is 1. The van der Waals surface area contributed by atoms with Crippen molar-refractivity contribution >= 4 is 19.7 Å². The molecule has 3 rings (SSSR count). The predicted molar refractivity (Wildman–Crippen MR) is 94.3 cm³/mol. The van der Waals surface area contributed by atoms with Gasteiger partial charge in [-0.1, -0.05) is 20.8 Å². The minimum absolute atomic E-state index is 0.189. The molecule has 1 aromatic rings. The second kappa shape index (κ2) is 5.52. The van der Waals surface area contributed by atoms with E-state index in [4.69, 9.17) is 4.43 Å². The van der Waals surface area contributed by atoms with Crippen molar-refractivity contribution in [1.82, 2.24) is 0 Å². The van der Waals surface area contributed by atoms with E-state index in [9.17, 15) is 14.5 Å². The highest BCUT2D eigenvalue weighted by molar-refractivity contribution is 6.74. The zero-order valence-corrected chi connectivity index (χ0v) is 15.9. The van der Waals surface area contributed by atoms with Gasteiger partial charge in [0.2, 0.25) is 0 Å². The van der Waals surface area contributed by atoms with Crippen molar-refractivity contribution in [1.29, 1.82) is 0 Å². The normalized spacial score (nSPS) is 26.4. The van der Waals surface area contributed by atoms with Crippen molar-refractivity contribution in [2.75, 3.05) is 18.0 Å². The molecular weight excluding hydrogens is 327 g/mol. The molecule has 2 aliphatic rings. The zero-order chi connectivity index (χ0) is 17.9. The highest BCUT2D eigenvalue weighted by Crippen LogP contribution is 2.52. The molecule has 5 nitrogen and oxygen atoms in total. The molecule has 24 heavy (non-hydrogen) atoms. The number of halogens is 1. The highest BCUT2D eigenvalue weighted by atomic mass is 28.4. The summed E-state index contributed by atoms with van der Waals surface area (Å²) in [5, 5.41) is 10.9. The van der Waals surface area contributed by atoms with Gasteiger partial charge in [-0.05, 0) is 24.2 Å². The van der Waals surface area contributed by atoms with E-state index < -0.39 is 19.1 Å². The van der Waals surface area contributed by atoms with E-state index in [1.807, 2.05) is 4.90 Å². The second-order valence-electron chi connectivity index (χ2n) is 8.47. The third kappa shape index (κ3) is 2.95. The molecule has 1 aliphatic heterocycles. The molecule has 1 aliphatic carbocycles. The van der Waals surface area contributed by atoms with Crippen LogP contribution < -0.4 is 4.90 Å². The molecule has 2 fully saturated rings. The number of benzene rings is 1. The average molecular weight is 352 g/mol. The fourth-order valence-corrected chi connectivity index (χ4v) is 4.61. The van der Waals surface area contributed by atoms with Crippen LogP contribution in [0.25, 0.3) is 0 Å². The monoisotopic (exact) mass is 352 g/mol. The lowest BCUT2D eigenvalue weighted by atomic mass is 10.2. The van der Waals surface area contributed by atoms with E-state index in [1.54, 1.807) is 0 Å². The Hall–Kier alpha value is -1.47. The summed E-state index contributed by atoms with van der Waals surface area (Å²) in [5.74, 6) is 0.384. The van der Waals surface area contributed by atoms with Gasteiger partial charge in [-0.2, -0.15) is 0 Å². The number of anilines is 1. The van der Waals surface area contributed by atoms with E-state index >= 15 is 0 Å². The Labute approximate surface area is 143 Å². The third-order valence-electron chi connectivity index (χ3n) is 5.84. The highest BCUT2D eigenvalue weighted by Gasteiger charge is 2.59. The van der Waals surface area contributed by atoms with Crippen LogP contribution in [0.5, 0.6) is 0 Å². The van der Waals surface area contributed by atoms with Crippen LogP contribution in [-0.4, -0.2) is 32.4 Å². The van der Waals surface area contributed by atoms with E-state index in [0.29, 0.717) is 23.6 Å². The molecule has 1 heterocycles. The SMILES string of the molecule is CC(C)(C)[Si](C)(C)OC1C2CN(c3ccc([N+](=O)[O-])cc3F)C[C@@H]21. The smallest absolute Gasteiger partial charge is 0.272 e. The molecule has 3 atom stereocenters. The van der Waals surface area contributed by atoms with Gasteiger partial charge in [0.1, 0.15) is 0 Å². The minimum Gasteiger partial charge on any atom is -0.413 e. The Morgan fingerprint density at radius 2 is 1.88 bits per heavy atom. The Morgan fingerprint density at radius 1 is 1.29 bits per heavy atom. The molecule has 1 saturated heterocycles. The topological polar surface area (TPSA) is 55.6 Å². The molecule has 1 saturated carbocycles. The molecule has 0 aromatic heterocycles. The summed E-state index contributed by atoms with van der Waals surface area (Å²) in [5.41, 5.74) is 0.249. The number of nitrogens with zero attached hydrogens (tertiary/aromatic N) is 2. The maximum atomic E-state index is 14.2. The van der Waals surface area contributed by atoms with Crippen molar-refractivity contribution in [2.45, 2.75) is 45.0 Å². The first-order chi connectivity index (χ1) is 11.0. The largest absolute Gasteiger partial charge is 0.413 e. The van der Waals surface area contributed by atoms with Crippen LogP contribution in [0, 0.1) is 27.8 Å². The Balaban J connectivity index is 1.63. The van der Waals surface area contributed by atoms with Crippen LogP contribution in [0.2, 0.25) is 18.1 Å². The summed E-state index contributed by atoms with van der Waals surface area (Å²) >= 11 is 0. The summed E-state index contributed by atoms with van der Waals surface area (Å²) in [4.78, 5) is 12.1. The van der Waals surface area contributed by atoms with Crippen molar-refractivity contribution in [3.8, 4) is 0 Å². The summed E-state index contributed by atoms with van der Waals surface area (Å²) in [6.07, 6.45) is 0.295. The molecule has 0 radical (unpaired) electrons. The van der Waals surface area contributed by atoms with Crippen molar-refractivity contribution in [3.63, 3.8) is 0 Å². The molecule has 1 aromatic carbocycles. The maximum absolute atomic E-state index is 14.2. The van der Waals surface area contributed by atoms with Gasteiger partial charge in [0.15, 0.2) is 14.1 Å². The average Bonchev–Trinajstić information content (AvgIpc) is 2.90. The summed E-state index contributed by atoms with van der Waals surface area (Å²) < 4.78 is 20.6. The van der Waals surface area contributed by atoms with Crippen LogP contribution in [-0.2, 0) is 4.43 Å².